The lowest BCUT2D eigenvalue weighted by Crippen LogP contribution is -2.09. The zero-order chi connectivity index (χ0) is 35.0. The van der Waals surface area contributed by atoms with Gasteiger partial charge in [-0.1, -0.05) is 137 Å². The van der Waals surface area contributed by atoms with E-state index in [4.69, 9.17) is 18.9 Å². The molecule has 0 saturated heterocycles. The lowest BCUT2D eigenvalue weighted by molar-refractivity contribution is 0.121. The maximum Gasteiger partial charge on any atom is 0.513 e. The van der Waals surface area contributed by atoms with Gasteiger partial charge in [0, 0.05) is 21.5 Å². The maximum absolute atomic E-state index is 12.7. The fourth-order valence-electron chi connectivity index (χ4n) is 7.20. The van der Waals surface area contributed by atoms with Crippen molar-refractivity contribution in [2.45, 2.75) is 78.1 Å². The highest BCUT2D eigenvalue weighted by Crippen LogP contribution is 2.50. The normalized spacial score (nSPS) is 11.4. The summed E-state index contributed by atoms with van der Waals surface area (Å²) in [6, 6.07) is 29.1. The van der Waals surface area contributed by atoms with Crippen molar-refractivity contribution in [3.8, 4) is 22.6 Å². The molecule has 50 heavy (non-hydrogen) atoms. The van der Waals surface area contributed by atoms with Crippen molar-refractivity contribution < 1.29 is 28.5 Å². The minimum absolute atomic E-state index is 0.472. The van der Waals surface area contributed by atoms with E-state index in [1.165, 1.54) is 63.9 Å². The van der Waals surface area contributed by atoms with E-state index in [9.17, 15) is 9.59 Å². The fourth-order valence-corrected chi connectivity index (χ4v) is 7.20. The Morgan fingerprint density at radius 3 is 1.22 bits per heavy atom. The Hall–Kier alpha value is -5.10. The molecule has 6 aromatic carbocycles. The molecular weight excluding hydrogens is 624 g/mol. The summed E-state index contributed by atoms with van der Waals surface area (Å²) in [6.45, 7) is 4.45. The van der Waals surface area contributed by atoms with Gasteiger partial charge in [-0.15, -0.1) is 0 Å². The third-order valence-electron chi connectivity index (χ3n) is 9.67. The number of aryl methyl sites for hydroxylation is 2. The van der Waals surface area contributed by atoms with Gasteiger partial charge in [-0.2, -0.15) is 0 Å². The molecule has 0 bridgehead atoms. The van der Waals surface area contributed by atoms with Crippen LogP contribution in [0, 0.1) is 0 Å². The van der Waals surface area contributed by atoms with Gasteiger partial charge in [0.2, 0.25) is 0 Å². The van der Waals surface area contributed by atoms with Crippen LogP contribution < -0.4 is 9.47 Å². The van der Waals surface area contributed by atoms with Crippen LogP contribution in [0.2, 0.25) is 0 Å². The monoisotopic (exact) mass is 670 g/mol. The molecule has 0 radical (unpaired) electrons. The molecule has 6 aromatic rings. The standard InChI is InChI=1S/C44H46O6/c1-5-7-9-11-17-29-23-25-35-37(27-29)39(31-19-13-15-21-33(31)41(35)49-43(45)47-3)40-32-20-14-16-22-34(32)42(50-44(46)48-4)36-26-24-30(28-38(36)40)18-12-10-8-6-2/h13-16,19-28H,5-12,17-18H2,1-4H3. The van der Waals surface area contributed by atoms with E-state index < -0.39 is 12.3 Å². The van der Waals surface area contributed by atoms with Gasteiger partial charge in [-0.25, -0.2) is 9.59 Å². The summed E-state index contributed by atoms with van der Waals surface area (Å²) in [5, 5.41) is 7.12. The van der Waals surface area contributed by atoms with Crippen LogP contribution in [0.3, 0.4) is 0 Å². The number of carbonyl (C=O) groups excluding carboxylic acids is 2. The van der Waals surface area contributed by atoms with E-state index in [0.717, 1.165) is 79.9 Å². The predicted molar refractivity (Wildman–Crippen MR) is 204 cm³/mol. The van der Waals surface area contributed by atoms with Crippen molar-refractivity contribution in [3.63, 3.8) is 0 Å². The largest absolute Gasteiger partial charge is 0.513 e. The number of methoxy groups -OCH3 is 2. The van der Waals surface area contributed by atoms with Crippen molar-refractivity contribution in [3.05, 3.63) is 96.1 Å². The zero-order valence-corrected chi connectivity index (χ0v) is 29.6. The Kier molecular flexibility index (Phi) is 11.2. The molecule has 0 aliphatic carbocycles. The summed E-state index contributed by atoms with van der Waals surface area (Å²) in [7, 11) is 2.65. The molecule has 0 N–H and O–H groups in total. The molecule has 6 rings (SSSR count). The van der Waals surface area contributed by atoms with E-state index in [1.807, 2.05) is 36.4 Å². The smallest absolute Gasteiger partial charge is 0.437 e. The highest BCUT2D eigenvalue weighted by molar-refractivity contribution is 6.27. The van der Waals surface area contributed by atoms with E-state index in [-0.39, 0.29) is 0 Å². The van der Waals surface area contributed by atoms with Crippen LogP contribution in [0.4, 0.5) is 9.59 Å². The van der Waals surface area contributed by atoms with E-state index >= 15 is 0 Å². The second-order valence-corrected chi connectivity index (χ2v) is 13.0. The van der Waals surface area contributed by atoms with Crippen molar-refractivity contribution in [1.29, 1.82) is 0 Å². The minimum atomic E-state index is -0.763. The average molecular weight is 671 g/mol. The third kappa shape index (κ3) is 7.11. The van der Waals surface area contributed by atoms with Crippen LogP contribution in [-0.2, 0) is 22.3 Å². The number of rotatable bonds is 13. The van der Waals surface area contributed by atoms with Gasteiger partial charge < -0.3 is 18.9 Å². The Balaban J connectivity index is 1.73. The molecule has 0 aliphatic rings. The molecule has 0 unspecified atom stereocenters. The fraction of sp³-hybridized carbons (Fsp3) is 0.318. The summed E-state index contributed by atoms with van der Waals surface area (Å²) in [5.41, 5.74) is 4.53. The van der Waals surface area contributed by atoms with Gasteiger partial charge in [-0.3, -0.25) is 0 Å². The van der Waals surface area contributed by atoms with Crippen LogP contribution in [-0.4, -0.2) is 26.5 Å². The average Bonchev–Trinajstić information content (AvgIpc) is 3.15. The summed E-state index contributed by atoms with van der Waals surface area (Å²) in [4.78, 5) is 25.3. The lowest BCUT2D eigenvalue weighted by atomic mass is 9.84. The molecule has 0 saturated carbocycles. The lowest BCUT2D eigenvalue weighted by Gasteiger charge is -2.22. The zero-order valence-electron chi connectivity index (χ0n) is 29.6. The van der Waals surface area contributed by atoms with Gasteiger partial charge >= 0.3 is 12.3 Å². The first-order chi connectivity index (χ1) is 24.5. The molecule has 0 fully saturated rings. The van der Waals surface area contributed by atoms with Gasteiger partial charge in [0.25, 0.3) is 0 Å². The molecule has 258 valence electrons. The second-order valence-electron chi connectivity index (χ2n) is 13.0. The van der Waals surface area contributed by atoms with Crippen LogP contribution >= 0.6 is 0 Å². The highest BCUT2D eigenvalue weighted by atomic mass is 16.7. The Labute approximate surface area is 294 Å². The predicted octanol–water partition coefficient (Wildman–Crippen LogP) is 12.5. The number of fused-ring (bicyclic) bond motifs is 4. The molecule has 0 aliphatic heterocycles. The van der Waals surface area contributed by atoms with E-state index in [2.05, 4.69) is 62.4 Å². The molecule has 0 aromatic heterocycles. The molecule has 0 spiro atoms. The minimum Gasteiger partial charge on any atom is -0.437 e. The maximum atomic E-state index is 12.7. The Morgan fingerprint density at radius 1 is 0.460 bits per heavy atom. The van der Waals surface area contributed by atoms with Crippen LogP contribution in [0.15, 0.2) is 84.9 Å². The van der Waals surface area contributed by atoms with Crippen molar-refractivity contribution in [2.75, 3.05) is 14.2 Å². The number of unbranched alkanes of at least 4 members (excludes halogenated alkanes) is 6. The van der Waals surface area contributed by atoms with Crippen LogP contribution in [0.1, 0.15) is 76.3 Å². The first-order valence-electron chi connectivity index (χ1n) is 18.0. The van der Waals surface area contributed by atoms with Gasteiger partial charge in [0.1, 0.15) is 11.5 Å². The highest BCUT2D eigenvalue weighted by Gasteiger charge is 2.25. The third-order valence-corrected chi connectivity index (χ3v) is 9.67. The molecular formula is C44H46O6. The summed E-state index contributed by atoms with van der Waals surface area (Å²) in [6.07, 6.45) is 9.69. The van der Waals surface area contributed by atoms with Crippen LogP contribution in [0.25, 0.3) is 54.2 Å². The van der Waals surface area contributed by atoms with Crippen molar-refractivity contribution in [1.82, 2.24) is 0 Å². The summed E-state index contributed by atoms with van der Waals surface area (Å²) < 4.78 is 21.8. The second kappa shape index (κ2) is 16.1. The Morgan fingerprint density at radius 2 is 0.840 bits per heavy atom. The number of carbonyl (C=O) groups is 2. The molecule has 6 heteroatoms. The van der Waals surface area contributed by atoms with Gasteiger partial charge in [-0.05, 0) is 69.5 Å². The van der Waals surface area contributed by atoms with Crippen LogP contribution in [0.5, 0.6) is 11.5 Å². The van der Waals surface area contributed by atoms with Gasteiger partial charge in [0.15, 0.2) is 0 Å². The topological polar surface area (TPSA) is 71.1 Å². The molecule has 0 atom stereocenters. The number of ether oxygens (including phenoxy) is 4. The molecule has 0 amide bonds. The Bertz CT molecular complexity index is 2010. The molecule has 6 nitrogen and oxygen atoms in total. The van der Waals surface area contributed by atoms with E-state index in [1.54, 1.807) is 0 Å². The quantitative estimate of drug-likeness (QED) is 0.0527. The number of benzene rings is 6. The van der Waals surface area contributed by atoms with Crippen molar-refractivity contribution >= 4 is 55.4 Å². The molecule has 0 heterocycles. The van der Waals surface area contributed by atoms with Gasteiger partial charge in [0.05, 0.1) is 14.2 Å². The first kappa shape index (κ1) is 34.8. The van der Waals surface area contributed by atoms with Crippen molar-refractivity contribution in [2.24, 2.45) is 0 Å². The summed E-state index contributed by atoms with van der Waals surface area (Å²) >= 11 is 0. The number of hydrogen-bond acceptors (Lipinski definition) is 6. The van der Waals surface area contributed by atoms with E-state index in [0.29, 0.717) is 11.5 Å². The number of hydrogen-bond donors (Lipinski definition) is 0. The first-order valence-corrected chi connectivity index (χ1v) is 18.0. The summed E-state index contributed by atoms with van der Waals surface area (Å²) in [5.74, 6) is 0.944. The SMILES string of the molecule is CCCCCCc1ccc2c(OC(=O)OC)c3ccccc3c(-c3c4ccccc4c(OC(=O)OC)c4ccc(CCCCCC)cc34)c2c1.